The first kappa shape index (κ1) is 24.0. The number of halogens is 2. The van der Waals surface area contributed by atoms with Crippen LogP contribution in [0.1, 0.15) is 53.1 Å². The van der Waals surface area contributed by atoms with E-state index in [9.17, 15) is 17.6 Å². The van der Waals surface area contributed by atoms with Crippen LogP contribution in [-0.4, -0.2) is 45.2 Å². The molecule has 2 aromatic carbocycles. The Morgan fingerprint density at radius 1 is 1.18 bits per heavy atom. The van der Waals surface area contributed by atoms with Crippen LogP contribution >= 0.6 is 11.6 Å². The molecule has 2 fully saturated rings. The Labute approximate surface area is 199 Å². The van der Waals surface area contributed by atoms with E-state index >= 15 is 0 Å². The zero-order chi connectivity index (χ0) is 23.6. The lowest BCUT2D eigenvalue weighted by Gasteiger charge is -2.32. The number of sulfonamides is 1. The van der Waals surface area contributed by atoms with Gasteiger partial charge in [-0.05, 0) is 79.9 Å². The van der Waals surface area contributed by atoms with Crippen molar-refractivity contribution in [2.75, 3.05) is 26.0 Å². The van der Waals surface area contributed by atoms with Crippen molar-refractivity contribution < 1.29 is 22.3 Å². The van der Waals surface area contributed by atoms with E-state index in [2.05, 4.69) is 11.0 Å². The summed E-state index contributed by atoms with van der Waals surface area (Å²) in [5, 5.41) is 0.745. The Balaban J connectivity index is 1.35. The van der Waals surface area contributed by atoms with E-state index in [0.29, 0.717) is 18.3 Å². The van der Waals surface area contributed by atoms with Crippen molar-refractivity contribution in [1.82, 2.24) is 9.62 Å². The van der Waals surface area contributed by atoms with Gasteiger partial charge in [0.1, 0.15) is 11.6 Å². The number of benzene rings is 2. The van der Waals surface area contributed by atoms with E-state index in [-0.39, 0.29) is 11.5 Å². The standard InChI is InChI=1S/C24H28ClFN2O4S/c1-33(30,31)27-24(29)21-12-20(18-5-6-18)23(13-22(21)26)32-15-16-7-9-28(10-8-16)14-17-3-2-4-19(25)11-17/h2-4,11-13,16,18H,5-10,14-15H2,1H3,(H,27,29). The van der Waals surface area contributed by atoms with Gasteiger partial charge < -0.3 is 4.74 Å². The summed E-state index contributed by atoms with van der Waals surface area (Å²) in [6.07, 6.45) is 4.71. The van der Waals surface area contributed by atoms with Gasteiger partial charge >= 0.3 is 0 Å². The number of likely N-dealkylation sites (tertiary alicyclic amines) is 1. The van der Waals surface area contributed by atoms with Gasteiger partial charge in [0.15, 0.2) is 0 Å². The fourth-order valence-electron chi connectivity index (χ4n) is 4.22. The second kappa shape index (κ2) is 9.99. The van der Waals surface area contributed by atoms with E-state index in [0.717, 1.165) is 62.2 Å². The second-order valence-corrected chi connectivity index (χ2v) is 11.2. The van der Waals surface area contributed by atoms with Crippen molar-refractivity contribution in [2.24, 2.45) is 5.92 Å². The minimum atomic E-state index is -3.78. The number of ether oxygens (including phenoxy) is 1. The lowest BCUT2D eigenvalue weighted by molar-refractivity contribution is 0.0977. The molecular weight excluding hydrogens is 467 g/mol. The SMILES string of the molecule is CS(=O)(=O)NC(=O)c1cc(C2CC2)c(OCC2CCN(Cc3cccc(Cl)c3)CC2)cc1F. The van der Waals surface area contributed by atoms with Gasteiger partial charge in [0.2, 0.25) is 10.0 Å². The summed E-state index contributed by atoms with van der Waals surface area (Å²) in [5.41, 5.74) is 1.69. The average Bonchev–Trinajstić information content (AvgIpc) is 3.57. The maximum atomic E-state index is 14.6. The van der Waals surface area contributed by atoms with Gasteiger partial charge in [-0.2, -0.15) is 0 Å². The third kappa shape index (κ3) is 6.68. The van der Waals surface area contributed by atoms with Gasteiger partial charge in [-0.25, -0.2) is 17.5 Å². The number of nitrogens with zero attached hydrogens (tertiary/aromatic N) is 1. The van der Waals surface area contributed by atoms with Crippen molar-refractivity contribution in [3.8, 4) is 5.75 Å². The smallest absolute Gasteiger partial charge is 0.267 e. The minimum absolute atomic E-state index is 0.213. The number of hydrogen-bond acceptors (Lipinski definition) is 5. The quantitative estimate of drug-likeness (QED) is 0.591. The van der Waals surface area contributed by atoms with Crippen molar-refractivity contribution in [1.29, 1.82) is 0 Å². The largest absolute Gasteiger partial charge is 0.493 e. The molecule has 0 atom stereocenters. The van der Waals surface area contributed by atoms with Gasteiger partial charge in [0, 0.05) is 17.6 Å². The molecule has 6 nitrogen and oxygen atoms in total. The third-order valence-corrected chi connectivity index (χ3v) is 6.91. The first-order valence-electron chi connectivity index (χ1n) is 11.1. The highest BCUT2D eigenvalue weighted by molar-refractivity contribution is 7.89. The van der Waals surface area contributed by atoms with Crippen LogP contribution in [0.5, 0.6) is 5.75 Å². The predicted octanol–water partition coefficient (Wildman–Crippen LogP) is 4.34. The van der Waals surface area contributed by atoms with E-state index < -0.39 is 21.7 Å². The number of piperidine rings is 1. The molecule has 33 heavy (non-hydrogen) atoms. The van der Waals surface area contributed by atoms with E-state index in [1.165, 1.54) is 17.7 Å². The molecule has 9 heteroatoms. The first-order chi connectivity index (χ1) is 15.7. The van der Waals surface area contributed by atoms with Gasteiger partial charge in [-0.3, -0.25) is 9.69 Å². The molecule has 1 aliphatic heterocycles. The summed E-state index contributed by atoms with van der Waals surface area (Å²) in [6, 6.07) is 10.6. The van der Waals surface area contributed by atoms with Gasteiger partial charge in [0.25, 0.3) is 5.91 Å². The number of rotatable bonds is 8. The highest BCUT2D eigenvalue weighted by Crippen LogP contribution is 2.45. The van der Waals surface area contributed by atoms with Crippen LogP contribution in [-0.2, 0) is 16.6 Å². The first-order valence-corrected chi connectivity index (χ1v) is 13.4. The molecule has 0 bridgehead atoms. The molecule has 2 aromatic rings. The Bertz CT molecular complexity index is 1130. The predicted molar refractivity (Wildman–Crippen MR) is 126 cm³/mol. The molecular formula is C24H28ClFN2O4S. The van der Waals surface area contributed by atoms with Crippen molar-refractivity contribution in [3.63, 3.8) is 0 Å². The summed E-state index contributed by atoms with van der Waals surface area (Å²) in [6.45, 7) is 3.26. The summed E-state index contributed by atoms with van der Waals surface area (Å²) in [7, 11) is -3.78. The molecule has 2 aliphatic rings. The zero-order valence-corrected chi connectivity index (χ0v) is 20.1. The number of carbonyl (C=O) groups is 1. The molecule has 1 saturated heterocycles. The van der Waals surface area contributed by atoms with Crippen LogP contribution in [0, 0.1) is 11.7 Å². The summed E-state index contributed by atoms with van der Waals surface area (Å²) < 4.78 is 45.2. The van der Waals surface area contributed by atoms with Gasteiger partial charge in [-0.15, -0.1) is 0 Å². The normalized spacial score (nSPS) is 17.7. The number of carbonyl (C=O) groups excluding carboxylic acids is 1. The van der Waals surface area contributed by atoms with Gasteiger partial charge in [-0.1, -0.05) is 23.7 Å². The lowest BCUT2D eigenvalue weighted by atomic mass is 9.97. The molecule has 1 saturated carbocycles. The highest BCUT2D eigenvalue weighted by atomic mass is 35.5. The number of nitrogens with one attached hydrogen (secondary N) is 1. The second-order valence-electron chi connectivity index (χ2n) is 9.01. The average molecular weight is 495 g/mol. The molecule has 1 N–H and O–H groups in total. The monoisotopic (exact) mass is 494 g/mol. The van der Waals surface area contributed by atoms with Crippen LogP contribution in [0.25, 0.3) is 0 Å². The highest BCUT2D eigenvalue weighted by Gasteiger charge is 2.30. The molecule has 4 rings (SSSR count). The van der Waals surface area contributed by atoms with Crippen molar-refractivity contribution >= 4 is 27.5 Å². The van der Waals surface area contributed by atoms with Crippen LogP contribution in [0.3, 0.4) is 0 Å². The lowest BCUT2D eigenvalue weighted by Crippen LogP contribution is -2.35. The molecule has 0 unspecified atom stereocenters. The zero-order valence-electron chi connectivity index (χ0n) is 18.5. The Morgan fingerprint density at radius 2 is 1.91 bits per heavy atom. The topological polar surface area (TPSA) is 75.7 Å². The van der Waals surface area contributed by atoms with Crippen LogP contribution in [0.2, 0.25) is 5.02 Å². The minimum Gasteiger partial charge on any atom is -0.493 e. The van der Waals surface area contributed by atoms with E-state index in [4.69, 9.17) is 16.3 Å². The van der Waals surface area contributed by atoms with Crippen LogP contribution < -0.4 is 9.46 Å². The van der Waals surface area contributed by atoms with Crippen molar-refractivity contribution in [3.05, 3.63) is 63.9 Å². The molecule has 0 aromatic heterocycles. The van der Waals surface area contributed by atoms with E-state index in [1.54, 1.807) is 0 Å². The Morgan fingerprint density at radius 3 is 2.55 bits per heavy atom. The van der Waals surface area contributed by atoms with Crippen LogP contribution in [0.4, 0.5) is 4.39 Å². The summed E-state index contributed by atoms with van der Waals surface area (Å²) in [4.78, 5) is 14.6. The molecule has 178 valence electrons. The summed E-state index contributed by atoms with van der Waals surface area (Å²) in [5.74, 6) is -0.719. The Kier molecular flexibility index (Phi) is 7.26. The fourth-order valence-corrected chi connectivity index (χ4v) is 4.88. The third-order valence-electron chi connectivity index (χ3n) is 6.12. The van der Waals surface area contributed by atoms with Gasteiger partial charge in [0.05, 0.1) is 18.4 Å². The fraction of sp³-hybridized carbons (Fsp3) is 0.458. The maximum absolute atomic E-state index is 14.6. The number of amides is 1. The maximum Gasteiger partial charge on any atom is 0.267 e. The van der Waals surface area contributed by atoms with Crippen LogP contribution in [0.15, 0.2) is 36.4 Å². The molecule has 1 amide bonds. The Hall–Kier alpha value is -2.16. The molecule has 0 spiro atoms. The van der Waals surface area contributed by atoms with E-state index in [1.807, 2.05) is 22.9 Å². The molecule has 1 aliphatic carbocycles. The molecule has 0 radical (unpaired) electrons. The summed E-state index contributed by atoms with van der Waals surface area (Å²) >= 11 is 6.08. The van der Waals surface area contributed by atoms with Crippen molar-refractivity contribution in [2.45, 2.75) is 38.1 Å². The number of hydrogen-bond donors (Lipinski definition) is 1. The molecule has 1 heterocycles.